The van der Waals surface area contributed by atoms with Crippen molar-refractivity contribution < 1.29 is 4.42 Å². The summed E-state index contributed by atoms with van der Waals surface area (Å²) in [5.74, 6) is 2.05. The van der Waals surface area contributed by atoms with E-state index in [0.29, 0.717) is 23.3 Å². The van der Waals surface area contributed by atoms with Crippen molar-refractivity contribution >= 4 is 22.7 Å². The highest BCUT2D eigenvalue weighted by Gasteiger charge is 2.28. The van der Waals surface area contributed by atoms with Gasteiger partial charge in [-0.15, -0.1) is 10.2 Å². The van der Waals surface area contributed by atoms with Crippen LogP contribution in [0.2, 0.25) is 0 Å². The first-order chi connectivity index (χ1) is 15.6. The molecule has 0 unspecified atom stereocenters. The van der Waals surface area contributed by atoms with Crippen LogP contribution in [0.25, 0.3) is 22.4 Å². The lowest BCUT2D eigenvalue weighted by atomic mass is 9.85. The van der Waals surface area contributed by atoms with E-state index in [1.54, 1.807) is 24.0 Å². The average molecular weight is 447 g/mol. The number of thioether (sulfide) groups is 1. The van der Waals surface area contributed by atoms with Crippen molar-refractivity contribution in [2.45, 2.75) is 56.5 Å². The number of hydrogen-bond acceptors (Lipinski definition) is 6. The number of hydrogen-bond donors (Lipinski definition) is 0. The van der Waals surface area contributed by atoms with Gasteiger partial charge in [-0.3, -0.25) is 9.55 Å². The van der Waals surface area contributed by atoms with Crippen LogP contribution in [0.15, 0.2) is 63.2 Å². The van der Waals surface area contributed by atoms with E-state index in [9.17, 15) is 4.79 Å². The molecule has 1 aliphatic rings. The van der Waals surface area contributed by atoms with Gasteiger partial charge in [0.05, 0.1) is 0 Å². The minimum Gasteiger partial charge on any atom is -0.423 e. The van der Waals surface area contributed by atoms with Crippen LogP contribution in [0.5, 0.6) is 0 Å². The monoisotopic (exact) mass is 446 g/mol. The molecule has 0 saturated heterocycles. The zero-order valence-corrected chi connectivity index (χ0v) is 19.1. The van der Waals surface area contributed by atoms with Crippen molar-refractivity contribution in [2.24, 2.45) is 5.92 Å². The van der Waals surface area contributed by atoms with E-state index in [-0.39, 0.29) is 5.63 Å². The Balaban J connectivity index is 1.53. The fourth-order valence-corrected chi connectivity index (χ4v) is 5.63. The minimum atomic E-state index is -0.322. The molecule has 4 aromatic rings. The van der Waals surface area contributed by atoms with Gasteiger partial charge in [0.1, 0.15) is 5.58 Å². The lowest BCUT2D eigenvalue weighted by Gasteiger charge is -2.31. The smallest absolute Gasteiger partial charge is 0.336 e. The second kappa shape index (κ2) is 8.90. The largest absolute Gasteiger partial charge is 0.423 e. The molecule has 6 nitrogen and oxygen atoms in total. The third-order valence-electron chi connectivity index (χ3n) is 6.32. The molecule has 2 atom stereocenters. The molecule has 0 amide bonds. The SMILES string of the molecule is Cc1ccc2c(CSc3nnc(-c4cccnc4)n3[C@@H]3CCCC[C@H]3C)cc(=O)oc2c1. The number of pyridine rings is 1. The number of rotatable bonds is 5. The molecule has 1 aromatic carbocycles. The third kappa shape index (κ3) is 4.09. The van der Waals surface area contributed by atoms with E-state index in [1.165, 1.54) is 19.3 Å². The summed E-state index contributed by atoms with van der Waals surface area (Å²) in [5.41, 5.74) is 3.31. The first kappa shape index (κ1) is 20.9. The lowest BCUT2D eigenvalue weighted by molar-refractivity contribution is 0.247. The van der Waals surface area contributed by atoms with Gasteiger partial charge in [0.2, 0.25) is 0 Å². The van der Waals surface area contributed by atoms with E-state index < -0.39 is 0 Å². The first-order valence-electron chi connectivity index (χ1n) is 11.1. The quantitative estimate of drug-likeness (QED) is 0.285. The van der Waals surface area contributed by atoms with Gasteiger partial charge in [-0.25, -0.2) is 4.79 Å². The fraction of sp³-hybridized carbons (Fsp3) is 0.360. The van der Waals surface area contributed by atoms with Crippen molar-refractivity contribution in [3.05, 3.63) is 70.3 Å². The number of nitrogens with zero attached hydrogens (tertiary/aromatic N) is 4. The average Bonchev–Trinajstić information content (AvgIpc) is 3.21. The Morgan fingerprint density at radius 3 is 2.84 bits per heavy atom. The topological polar surface area (TPSA) is 73.8 Å². The predicted molar refractivity (Wildman–Crippen MR) is 127 cm³/mol. The van der Waals surface area contributed by atoms with E-state index in [0.717, 1.165) is 39.5 Å². The van der Waals surface area contributed by atoms with E-state index >= 15 is 0 Å². The van der Waals surface area contributed by atoms with Crippen LogP contribution in [-0.4, -0.2) is 19.7 Å². The summed E-state index contributed by atoms with van der Waals surface area (Å²) in [7, 11) is 0. The highest BCUT2D eigenvalue weighted by Crippen LogP contribution is 2.39. The van der Waals surface area contributed by atoms with Crippen molar-refractivity contribution in [2.75, 3.05) is 0 Å². The molecule has 1 saturated carbocycles. The minimum absolute atomic E-state index is 0.322. The van der Waals surface area contributed by atoms with Crippen LogP contribution >= 0.6 is 11.8 Å². The Morgan fingerprint density at radius 1 is 1.16 bits per heavy atom. The normalized spacial score (nSPS) is 18.8. The Hall–Kier alpha value is -2.93. The summed E-state index contributed by atoms with van der Waals surface area (Å²) < 4.78 is 7.73. The molecule has 0 bridgehead atoms. The zero-order valence-electron chi connectivity index (χ0n) is 18.3. The molecule has 5 rings (SSSR count). The summed E-state index contributed by atoms with van der Waals surface area (Å²) >= 11 is 1.63. The standard InChI is InChI=1S/C25H26N4O2S/c1-16-9-10-20-19(13-23(30)31-22(20)12-16)15-32-25-28-27-24(18-7-5-11-26-14-18)29(25)21-8-4-3-6-17(21)2/h5,7,9-14,17,21H,3-4,6,8,15H2,1-2H3/t17-,21-/m1/s1. The molecule has 1 fully saturated rings. The summed E-state index contributed by atoms with van der Waals surface area (Å²) in [6, 6.07) is 11.9. The Morgan fingerprint density at radius 2 is 2.03 bits per heavy atom. The molecule has 3 heterocycles. The van der Waals surface area contributed by atoms with Gasteiger partial charge in [0.15, 0.2) is 11.0 Å². The highest BCUT2D eigenvalue weighted by atomic mass is 32.2. The van der Waals surface area contributed by atoms with Gasteiger partial charge in [-0.2, -0.15) is 0 Å². The molecule has 164 valence electrons. The Labute approximate surface area is 191 Å². The second-order valence-corrected chi connectivity index (χ2v) is 9.57. The summed E-state index contributed by atoms with van der Waals surface area (Å²) in [5, 5.41) is 11.0. The van der Waals surface area contributed by atoms with Gasteiger partial charge >= 0.3 is 5.63 Å². The van der Waals surface area contributed by atoms with Gasteiger partial charge in [0.25, 0.3) is 0 Å². The van der Waals surface area contributed by atoms with Gasteiger partial charge in [-0.05, 0) is 55.0 Å². The van der Waals surface area contributed by atoms with Gasteiger partial charge < -0.3 is 4.42 Å². The molecule has 7 heteroatoms. The zero-order chi connectivity index (χ0) is 22.1. The maximum absolute atomic E-state index is 12.2. The maximum Gasteiger partial charge on any atom is 0.336 e. The predicted octanol–water partition coefficient (Wildman–Crippen LogP) is 5.80. The molecule has 0 radical (unpaired) electrons. The van der Waals surface area contributed by atoms with Crippen molar-refractivity contribution in [3.63, 3.8) is 0 Å². The number of fused-ring (bicyclic) bond motifs is 1. The Kier molecular flexibility index (Phi) is 5.83. The number of aryl methyl sites for hydroxylation is 1. The maximum atomic E-state index is 12.2. The van der Waals surface area contributed by atoms with Gasteiger partial charge in [-0.1, -0.05) is 43.7 Å². The van der Waals surface area contributed by atoms with Crippen LogP contribution in [0.4, 0.5) is 0 Å². The van der Waals surface area contributed by atoms with Gasteiger partial charge in [0, 0.05) is 41.2 Å². The van der Waals surface area contributed by atoms with E-state index in [2.05, 4.69) is 26.7 Å². The Bertz CT molecular complexity index is 1300. The molecular formula is C25H26N4O2S. The van der Waals surface area contributed by atoms with Crippen LogP contribution in [0, 0.1) is 12.8 Å². The molecule has 0 spiro atoms. The lowest BCUT2D eigenvalue weighted by Crippen LogP contribution is -2.22. The van der Waals surface area contributed by atoms with Crippen LogP contribution < -0.4 is 5.63 Å². The molecule has 0 aliphatic heterocycles. The molecule has 3 aromatic heterocycles. The third-order valence-corrected chi connectivity index (χ3v) is 7.32. The summed E-state index contributed by atoms with van der Waals surface area (Å²) in [6.07, 6.45) is 8.45. The van der Waals surface area contributed by atoms with Crippen molar-refractivity contribution in [3.8, 4) is 11.4 Å². The van der Waals surface area contributed by atoms with Crippen LogP contribution in [0.1, 0.15) is 49.8 Å². The first-order valence-corrected chi connectivity index (χ1v) is 12.1. The van der Waals surface area contributed by atoms with Crippen LogP contribution in [0.3, 0.4) is 0 Å². The summed E-state index contributed by atoms with van der Waals surface area (Å²) in [4.78, 5) is 16.4. The highest BCUT2D eigenvalue weighted by molar-refractivity contribution is 7.98. The number of aromatic nitrogens is 4. The molecular weight excluding hydrogens is 420 g/mol. The van der Waals surface area contributed by atoms with E-state index in [4.69, 9.17) is 4.42 Å². The second-order valence-electron chi connectivity index (χ2n) is 8.63. The molecule has 32 heavy (non-hydrogen) atoms. The van der Waals surface area contributed by atoms with Crippen LogP contribution in [-0.2, 0) is 5.75 Å². The van der Waals surface area contributed by atoms with Crippen molar-refractivity contribution in [1.82, 2.24) is 19.7 Å². The molecule has 0 N–H and O–H groups in total. The van der Waals surface area contributed by atoms with Crippen molar-refractivity contribution in [1.29, 1.82) is 0 Å². The van der Waals surface area contributed by atoms with E-state index in [1.807, 2.05) is 43.5 Å². The molecule has 1 aliphatic carbocycles. The number of benzene rings is 1. The fourth-order valence-electron chi connectivity index (χ4n) is 4.65. The summed E-state index contributed by atoms with van der Waals surface area (Å²) in [6.45, 7) is 4.32.